The van der Waals surface area contributed by atoms with Gasteiger partial charge in [-0.25, -0.2) is 4.98 Å². The second-order valence-corrected chi connectivity index (χ2v) is 5.01. The monoisotopic (exact) mass is 337 g/mol. The molecule has 0 unspecified atom stereocenters. The van der Waals surface area contributed by atoms with E-state index < -0.39 is 0 Å². The van der Waals surface area contributed by atoms with Gasteiger partial charge in [-0.1, -0.05) is 0 Å². The summed E-state index contributed by atoms with van der Waals surface area (Å²) in [5.41, 5.74) is 2.03. The molecule has 0 saturated carbocycles. The van der Waals surface area contributed by atoms with Crippen LogP contribution in [0.4, 0.5) is 5.69 Å². The first-order chi connectivity index (χ1) is 9.78. The highest BCUT2D eigenvalue weighted by atomic mass is 79.9. The molecule has 0 radical (unpaired) electrons. The van der Waals surface area contributed by atoms with Gasteiger partial charge in [0.15, 0.2) is 0 Å². The molecule has 0 spiro atoms. The number of pyridine rings is 2. The minimum absolute atomic E-state index is 0.500. The third-order valence-electron chi connectivity index (χ3n) is 2.53. The van der Waals surface area contributed by atoms with Gasteiger partial charge in [-0.2, -0.15) is 0 Å². The summed E-state index contributed by atoms with van der Waals surface area (Å²) in [4.78, 5) is 8.33. The second kappa shape index (κ2) is 7.81. The van der Waals surface area contributed by atoms with Gasteiger partial charge in [0, 0.05) is 36.6 Å². The first kappa shape index (κ1) is 14.7. The van der Waals surface area contributed by atoms with E-state index in [1.165, 1.54) is 0 Å². The molecule has 2 aromatic rings. The Kier molecular flexibility index (Phi) is 5.76. The molecule has 5 nitrogen and oxygen atoms in total. The molecule has 0 fully saturated rings. The predicted octanol–water partition coefficient (Wildman–Crippen LogP) is 2.88. The number of aromatic nitrogens is 2. The lowest BCUT2D eigenvalue weighted by atomic mass is 10.3. The summed E-state index contributed by atoms with van der Waals surface area (Å²) in [7, 11) is 1.64. The maximum atomic E-state index is 5.40. The van der Waals surface area contributed by atoms with Crippen molar-refractivity contribution in [1.29, 1.82) is 0 Å². The highest BCUT2D eigenvalue weighted by Crippen LogP contribution is 2.14. The van der Waals surface area contributed by atoms with Gasteiger partial charge >= 0.3 is 0 Å². The quantitative estimate of drug-likeness (QED) is 0.787. The average molecular weight is 338 g/mol. The van der Waals surface area contributed by atoms with Gasteiger partial charge < -0.3 is 14.8 Å². The van der Waals surface area contributed by atoms with Gasteiger partial charge in [0.2, 0.25) is 5.88 Å². The van der Waals surface area contributed by atoms with Gasteiger partial charge in [0.25, 0.3) is 0 Å². The van der Waals surface area contributed by atoms with Crippen LogP contribution in [0.2, 0.25) is 0 Å². The second-order valence-electron chi connectivity index (χ2n) is 4.09. The van der Waals surface area contributed by atoms with Gasteiger partial charge in [-0.3, -0.25) is 4.98 Å². The third-order valence-corrected chi connectivity index (χ3v) is 2.97. The Hall–Kier alpha value is -1.66. The molecule has 0 amide bonds. The lowest BCUT2D eigenvalue weighted by molar-refractivity contribution is 0.144. The fourth-order valence-electron chi connectivity index (χ4n) is 1.56. The zero-order chi connectivity index (χ0) is 14.2. The van der Waals surface area contributed by atoms with Crippen LogP contribution in [0.3, 0.4) is 0 Å². The van der Waals surface area contributed by atoms with Crippen LogP contribution in [0.1, 0.15) is 5.56 Å². The zero-order valence-electron chi connectivity index (χ0n) is 11.2. The normalized spacial score (nSPS) is 10.3. The molecule has 106 valence electrons. The third kappa shape index (κ3) is 4.79. The summed E-state index contributed by atoms with van der Waals surface area (Å²) in [6, 6.07) is 5.79. The lowest BCUT2D eigenvalue weighted by Crippen LogP contribution is -2.05. The average Bonchev–Trinajstić information content (AvgIpc) is 2.47. The van der Waals surface area contributed by atoms with Crippen molar-refractivity contribution in [3.8, 4) is 5.88 Å². The predicted molar refractivity (Wildman–Crippen MR) is 80.9 cm³/mol. The van der Waals surface area contributed by atoms with E-state index in [9.17, 15) is 0 Å². The van der Waals surface area contributed by atoms with Crippen molar-refractivity contribution in [3.63, 3.8) is 0 Å². The number of nitrogens with one attached hydrogen (secondary N) is 1. The van der Waals surface area contributed by atoms with Gasteiger partial charge in [0.1, 0.15) is 6.61 Å². The van der Waals surface area contributed by atoms with Crippen LogP contribution in [-0.4, -0.2) is 30.3 Å². The van der Waals surface area contributed by atoms with Crippen molar-refractivity contribution in [3.05, 3.63) is 46.8 Å². The van der Waals surface area contributed by atoms with Crippen LogP contribution < -0.4 is 10.1 Å². The Bertz CT molecular complexity index is 534. The molecule has 0 aliphatic heterocycles. The van der Waals surface area contributed by atoms with Crippen LogP contribution in [0.15, 0.2) is 41.3 Å². The summed E-state index contributed by atoms with van der Waals surface area (Å²) >= 11 is 3.40. The number of halogens is 1. The molecule has 2 rings (SSSR count). The molecule has 2 aromatic heterocycles. The maximum Gasteiger partial charge on any atom is 0.213 e. The smallest absolute Gasteiger partial charge is 0.213 e. The summed E-state index contributed by atoms with van der Waals surface area (Å²) in [6.45, 7) is 1.75. The molecule has 0 aromatic carbocycles. The Morgan fingerprint density at radius 1 is 1.20 bits per heavy atom. The van der Waals surface area contributed by atoms with Crippen molar-refractivity contribution >= 4 is 21.6 Å². The number of anilines is 1. The molecule has 1 N–H and O–H groups in total. The Morgan fingerprint density at radius 3 is 2.80 bits per heavy atom. The maximum absolute atomic E-state index is 5.40. The van der Waals surface area contributed by atoms with Crippen LogP contribution in [0.25, 0.3) is 0 Å². The number of hydrogen-bond donors (Lipinski definition) is 1. The minimum atomic E-state index is 0.500. The number of nitrogens with zero attached hydrogens (tertiary/aromatic N) is 2. The number of hydrogen-bond acceptors (Lipinski definition) is 5. The number of rotatable bonds is 7. The first-order valence-electron chi connectivity index (χ1n) is 6.19. The van der Waals surface area contributed by atoms with E-state index in [-0.39, 0.29) is 0 Å². The van der Waals surface area contributed by atoms with Crippen LogP contribution >= 0.6 is 15.9 Å². The lowest BCUT2D eigenvalue weighted by Gasteiger charge is -2.08. The van der Waals surface area contributed by atoms with E-state index in [1.54, 1.807) is 19.5 Å². The van der Waals surface area contributed by atoms with Crippen molar-refractivity contribution in [1.82, 2.24) is 9.97 Å². The fraction of sp³-hybridized carbons (Fsp3) is 0.286. The standard InChI is InChI=1S/C14H16BrN3O2/c1-19-4-5-20-14-3-2-13(10-18-14)17-8-11-6-12(15)9-16-7-11/h2-3,6-7,9-10,17H,4-5,8H2,1H3. The summed E-state index contributed by atoms with van der Waals surface area (Å²) in [6.07, 6.45) is 5.33. The van der Waals surface area contributed by atoms with Crippen LogP contribution in [0, 0.1) is 0 Å². The van der Waals surface area contributed by atoms with E-state index >= 15 is 0 Å². The molecule has 20 heavy (non-hydrogen) atoms. The van der Waals surface area contributed by atoms with Crippen molar-refractivity contribution < 1.29 is 9.47 Å². The molecule has 0 bridgehead atoms. The molecule has 0 aliphatic rings. The molecule has 6 heteroatoms. The van der Waals surface area contributed by atoms with E-state index in [1.807, 2.05) is 24.4 Å². The van der Waals surface area contributed by atoms with Crippen molar-refractivity contribution in [2.45, 2.75) is 6.54 Å². The van der Waals surface area contributed by atoms with E-state index in [2.05, 4.69) is 31.2 Å². The van der Waals surface area contributed by atoms with Gasteiger partial charge in [-0.05, 0) is 33.6 Å². The molecule has 0 aliphatic carbocycles. The molecule has 2 heterocycles. The Morgan fingerprint density at radius 2 is 2.10 bits per heavy atom. The van der Waals surface area contributed by atoms with Crippen LogP contribution in [0.5, 0.6) is 5.88 Å². The Labute approximate surface area is 126 Å². The fourth-order valence-corrected chi connectivity index (χ4v) is 1.97. The molecular formula is C14H16BrN3O2. The molecule has 0 atom stereocenters. The highest BCUT2D eigenvalue weighted by molar-refractivity contribution is 9.10. The number of ether oxygens (including phenoxy) is 2. The van der Waals surface area contributed by atoms with Crippen molar-refractivity contribution in [2.75, 3.05) is 25.6 Å². The highest BCUT2D eigenvalue weighted by Gasteiger charge is 1.98. The van der Waals surface area contributed by atoms with Gasteiger partial charge in [-0.15, -0.1) is 0 Å². The zero-order valence-corrected chi connectivity index (χ0v) is 12.8. The number of methoxy groups -OCH3 is 1. The summed E-state index contributed by atoms with van der Waals surface area (Å²) < 4.78 is 11.3. The molecule has 0 saturated heterocycles. The van der Waals surface area contributed by atoms with E-state index in [4.69, 9.17) is 9.47 Å². The van der Waals surface area contributed by atoms with E-state index in [0.717, 1.165) is 15.7 Å². The van der Waals surface area contributed by atoms with Gasteiger partial charge in [0.05, 0.1) is 18.5 Å². The van der Waals surface area contributed by atoms with Crippen molar-refractivity contribution in [2.24, 2.45) is 0 Å². The molecular weight excluding hydrogens is 322 g/mol. The first-order valence-corrected chi connectivity index (χ1v) is 6.98. The van der Waals surface area contributed by atoms with Crippen LogP contribution in [-0.2, 0) is 11.3 Å². The summed E-state index contributed by atoms with van der Waals surface area (Å²) in [5, 5.41) is 3.28. The summed E-state index contributed by atoms with van der Waals surface area (Å²) in [5.74, 6) is 0.594. The topological polar surface area (TPSA) is 56.3 Å². The minimum Gasteiger partial charge on any atom is -0.475 e. The Balaban J connectivity index is 1.84. The largest absolute Gasteiger partial charge is 0.475 e. The SMILES string of the molecule is COCCOc1ccc(NCc2cncc(Br)c2)cn1. The van der Waals surface area contributed by atoms with E-state index in [0.29, 0.717) is 25.6 Å².